The molecule has 0 atom stereocenters. The van der Waals surface area contributed by atoms with Crippen LogP contribution in [-0.4, -0.2) is 22.8 Å². The van der Waals surface area contributed by atoms with Gasteiger partial charge in [0.2, 0.25) is 5.91 Å². The molecule has 2 aromatic carbocycles. The molecule has 5 nitrogen and oxygen atoms in total. The summed E-state index contributed by atoms with van der Waals surface area (Å²) in [5, 5.41) is 8.36. The van der Waals surface area contributed by atoms with E-state index in [0.29, 0.717) is 11.4 Å². The van der Waals surface area contributed by atoms with E-state index in [0.717, 1.165) is 16.6 Å². The monoisotopic (exact) mass is 295 g/mol. The van der Waals surface area contributed by atoms with E-state index in [1.807, 2.05) is 49.4 Å². The zero-order valence-corrected chi connectivity index (χ0v) is 12.5. The second-order valence-electron chi connectivity index (χ2n) is 5.04. The molecule has 0 radical (unpaired) electrons. The van der Waals surface area contributed by atoms with Crippen LogP contribution in [0.3, 0.4) is 0 Å². The van der Waals surface area contributed by atoms with Crippen LogP contribution in [0.1, 0.15) is 5.69 Å². The van der Waals surface area contributed by atoms with Crippen molar-refractivity contribution >= 4 is 22.5 Å². The fourth-order valence-corrected chi connectivity index (χ4v) is 2.45. The molecule has 1 heterocycles. The summed E-state index contributed by atoms with van der Waals surface area (Å²) in [6, 6.07) is 15.2. The number of aryl methyl sites for hydroxylation is 1. The van der Waals surface area contributed by atoms with E-state index in [-0.39, 0.29) is 12.5 Å². The van der Waals surface area contributed by atoms with Gasteiger partial charge >= 0.3 is 0 Å². The Balaban J connectivity index is 1.78. The number of carbonyl (C=O) groups is 1. The molecule has 5 heteroatoms. The van der Waals surface area contributed by atoms with E-state index >= 15 is 0 Å². The maximum Gasteiger partial charge on any atom is 0.246 e. The maximum absolute atomic E-state index is 12.2. The van der Waals surface area contributed by atoms with Gasteiger partial charge in [0.25, 0.3) is 0 Å². The molecule has 1 amide bonds. The van der Waals surface area contributed by atoms with Crippen molar-refractivity contribution in [1.29, 1.82) is 0 Å². The number of nitrogens with zero attached hydrogens (tertiary/aromatic N) is 2. The average molecular weight is 295 g/mol. The van der Waals surface area contributed by atoms with Gasteiger partial charge in [-0.2, -0.15) is 5.10 Å². The predicted octanol–water partition coefficient (Wildman–Crippen LogP) is 2.99. The Morgan fingerprint density at radius 3 is 2.86 bits per heavy atom. The molecule has 0 spiro atoms. The van der Waals surface area contributed by atoms with Crippen molar-refractivity contribution in [1.82, 2.24) is 9.78 Å². The minimum absolute atomic E-state index is 0.124. The van der Waals surface area contributed by atoms with Crippen LogP contribution in [0.5, 0.6) is 5.75 Å². The van der Waals surface area contributed by atoms with Crippen molar-refractivity contribution in [2.75, 3.05) is 12.4 Å². The summed E-state index contributed by atoms with van der Waals surface area (Å²) < 4.78 is 6.87. The van der Waals surface area contributed by atoms with E-state index in [1.54, 1.807) is 17.9 Å². The lowest BCUT2D eigenvalue weighted by Crippen LogP contribution is -2.19. The number of hydrogen-bond donors (Lipinski definition) is 1. The predicted molar refractivity (Wildman–Crippen MR) is 86.1 cm³/mol. The molecular weight excluding hydrogens is 278 g/mol. The molecule has 0 aliphatic heterocycles. The summed E-state index contributed by atoms with van der Waals surface area (Å²) in [7, 11) is 1.60. The Kier molecular flexibility index (Phi) is 3.78. The first-order valence-corrected chi connectivity index (χ1v) is 7.03. The zero-order chi connectivity index (χ0) is 15.5. The number of anilines is 1. The third kappa shape index (κ3) is 2.79. The number of carbonyl (C=O) groups excluding carboxylic acids is 1. The standard InChI is InChI=1S/C17H17N3O2/c1-12-15-8-3-4-9-16(15)20(19-12)11-17(21)18-13-6-5-7-14(10-13)22-2/h3-10H,11H2,1-2H3,(H,18,21). The SMILES string of the molecule is COc1cccc(NC(=O)Cn2nc(C)c3ccccc32)c1. The van der Waals surface area contributed by atoms with Crippen LogP contribution in [0.15, 0.2) is 48.5 Å². The molecule has 3 aromatic rings. The Bertz CT molecular complexity index is 824. The van der Waals surface area contributed by atoms with Crippen molar-refractivity contribution in [3.8, 4) is 5.75 Å². The van der Waals surface area contributed by atoms with E-state index in [9.17, 15) is 4.79 Å². The number of nitrogens with one attached hydrogen (secondary N) is 1. The zero-order valence-electron chi connectivity index (χ0n) is 12.5. The molecule has 0 saturated carbocycles. The molecule has 0 bridgehead atoms. The molecule has 1 aromatic heterocycles. The van der Waals surface area contributed by atoms with Gasteiger partial charge in [0, 0.05) is 17.1 Å². The summed E-state index contributed by atoms with van der Waals surface area (Å²) in [5.74, 6) is 0.583. The molecule has 112 valence electrons. The Morgan fingerprint density at radius 1 is 1.23 bits per heavy atom. The molecule has 0 aliphatic rings. The van der Waals surface area contributed by atoms with E-state index < -0.39 is 0 Å². The number of rotatable bonds is 4. The van der Waals surface area contributed by atoms with Crippen LogP contribution in [0.25, 0.3) is 10.9 Å². The Morgan fingerprint density at radius 2 is 2.05 bits per heavy atom. The highest BCUT2D eigenvalue weighted by atomic mass is 16.5. The normalized spacial score (nSPS) is 10.6. The van der Waals surface area contributed by atoms with Crippen molar-refractivity contribution < 1.29 is 9.53 Å². The number of methoxy groups -OCH3 is 1. The first kappa shape index (κ1) is 14.1. The molecule has 22 heavy (non-hydrogen) atoms. The van der Waals surface area contributed by atoms with Crippen LogP contribution in [0.4, 0.5) is 5.69 Å². The van der Waals surface area contributed by atoms with Gasteiger partial charge in [-0.15, -0.1) is 0 Å². The van der Waals surface area contributed by atoms with Crippen LogP contribution in [0, 0.1) is 6.92 Å². The lowest BCUT2D eigenvalue weighted by molar-refractivity contribution is -0.116. The first-order valence-electron chi connectivity index (χ1n) is 7.03. The second kappa shape index (κ2) is 5.89. The quantitative estimate of drug-likeness (QED) is 0.805. The van der Waals surface area contributed by atoms with Gasteiger partial charge in [-0.05, 0) is 25.1 Å². The summed E-state index contributed by atoms with van der Waals surface area (Å²) in [5.41, 5.74) is 2.59. The van der Waals surface area contributed by atoms with Gasteiger partial charge in [-0.25, -0.2) is 0 Å². The van der Waals surface area contributed by atoms with E-state index in [1.165, 1.54) is 0 Å². The van der Waals surface area contributed by atoms with Crippen molar-refractivity contribution in [3.63, 3.8) is 0 Å². The highest BCUT2D eigenvalue weighted by Gasteiger charge is 2.10. The van der Waals surface area contributed by atoms with Crippen LogP contribution < -0.4 is 10.1 Å². The molecule has 0 unspecified atom stereocenters. The molecule has 1 N–H and O–H groups in total. The number of hydrogen-bond acceptors (Lipinski definition) is 3. The lowest BCUT2D eigenvalue weighted by Gasteiger charge is -2.07. The topological polar surface area (TPSA) is 56.1 Å². The second-order valence-corrected chi connectivity index (χ2v) is 5.04. The Hall–Kier alpha value is -2.82. The molecule has 0 fully saturated rings. The molecule has 0 saturated heterocycles. The number of ether oxygens (including phenoxy) is 1. The van der Waals surface area contributed by atoms with Gasteiger partial charge < -0.3 is 10.1 Å². The van der Waals surface area contributed by atoms with Crippen molar-refractivity contribution in [3.05, 3.63) is 54.2 Å². The maximum atomic E-state index is 12.2. The van der Waals surface area contributed by atoms with Gasteiger partial charge in [-0.3, -0.25) is 9.48 Å². The van der Waals surface area contributed by atoms with Crippen molar-refractivity contribution in [2.24, 2.45) is 0 Å². The summed E-state index contributed by atoms with van der Waals surface area (Å²) in [4.78, 5) is 12.2. The Labute approximate surface area is 128 Å². The third-order valence-electron chi connectivity index (χ3n) is 3.49. The van der Waals surface area contributed by atoms with Gasteiger partial charge in [0.15, 0.2) is 0 Å². The lowest BCUT2D eigenvalue weighted by atomic mass is 10.2. The minimum atomic E-state index is -0.124. The fourth-order valence-electron chi connectivity index (χ4n) is 2.45. The van der Waals surface area contributed by atoms with Crippen molar-refractivity contribution in [2.45, 2.75) is 13.5 Å². The number of para-hydroxylation sites is 1. The summed E-state index contributed by atoms with van der Waals surface area (Å²) in [6.45, 7) is 2.12. The highest BCUT2D eigenvalue weighted by molar-refractivity contribution is 5.92. The number of benzene rings is 2. The number of fused-ring (bicyclic) bond motifs is 1. The third-order valence-corrected chi connectivity index (χ3v) is 3.49. The van der Waals surface area contributed by atoms with E-state index in [2.05, 4.69) is 10.4 Å². The summed E-state index contributed by atoms with van der Waals surface area (Å²) in [6.07, 6.45) is 0. The summed E-state index contributed by atoms with van der Waals surface area (Å²) >= 11 is 0. The largest absolute Gasteiger partial charge is 0.497 e. The van der Waals surface area contributed by atoms with Gasteiger partial charge in [0.05, 0.1) is 18.3 Å². The number of amides is 1. The first-order chi connectivity index (χ1) is 10.7. The van der Waals surface area contributed by atoms with E-state index in [4.69, 9.17) is 4.74 Å². The molecule has 0 aliphatic carbocycles. The van der Waals surface area contributed by atoms with Crippen LogP contribution in [-0.2, 0) is 11.3 Å². The fraction of sp³-hybridized carbons (Fsp3) is 0.176. The van der Waals surface area contributed by atoms with Crippen LogP contribution in [0.2, 0.25) is 0 Å². The van der Waals surface area contributed by atoms with Crippen LogP contribution >= 0.6 is 0 Å². The highest BCUT2D eigenvalue weighted by Crippen LogP contribution is 2.19. The average Bonchev–Trinajstić information content (AvgIpc) is 2.84. The smallest absolute Gasteiger partial charge is 0.246 e. The molecule has 3 rings (SSSR count). The minimum Gasteiger partial charge on any atom is -0.497 e. The number of aromatic nitrogens is 2. The molecular formula is C17H17N3O2. The van der Waals surface area contributed by atoms with Gasteiger partial charge in [0.1, 0.15) is 12.3 Å². The van der Waals surface area contributed by atoms with Gasteiger partial charge in [-0.1, -0.05) is 24.3 Å².